The highest BCUT2D eigenvalue weighted by atomic mass is 16.5. The van der Waals surface area contributed by atoms with Gasteiger partial charge in [0.05, 0.1) is 18.7 Å². The standard InChI is InChI=1S/C18H15NO2/c1-21-18(20)14-7-6-13-10-12-4-2-3-5-15(12)16(8-9-19)17(13)11-14/h2-7,11,16H,8,10H2,1H3/t16-/m1/s1. The number of carbonyl (C=O) groups is 1. The smallest absolute Gasteiger partial charge is 0.337 e. The number of benzene rings is 2. The van der Waals surface area contributed by atoms with Gasteiger partial charge in [0, 0.05) is 12.3 Å². The molecular formula is C18H15NO2. The van der Waals surface area contributed by atoms with E-state index < -0.39 is 0 Å². The van der Waals surface area contributed by atoms with Crippen molar-refractivity contribution < 1.29 is 9.53 Å². The molecule has 3 rings (SSSR count). The first kappa shape index (κ1) is 13.4. The first-order valence-electron chi connectivity index (χ1n) is 6.90. The maximum atomic E-state index is 11.7. The Morgan fingerprint density at radius 3 is 2.76 bits per heavy atom. The normalized spacial score (nSPS) is 15.5. The van der Waals surface area contributed by atoms with Crippen LogP contribution < -0.4 is 0 Å². The third-order valence-electron chi connectivity index (χ3n) is 4.05. The second kappa shape index (κ2) is 5.41. The maximum absolute atomic E-state index is 11.7. The SMILES string of the molecule is COC(=O)c1ccc2c(c1)[C@H](CC#N)c1ccccc1C2. The summed E-state index contributed by atoms with van der Waals surface area (Å²) in [5.74, 6) is -0.313. The fourth-order valence-electron chi connectivity index (χ4n) is 3.04. The molecule has 104 valence electrons. The number of rotatable bonds is 2. The molecule has 1 aliphatic carbocycles. The van der Waals surface area contributed by atoms with E-state index in [2.05, 4.69) is 18.2 Å². The number of hydrogen-bond acceptors (Lipinski definition) is 3. The molecule has 3 heteroatoms. The van der Waals surface area contributed by atoms with Gasteiger partial charge in [-0.15, -0.1) is 0 Å². The van der Waals surface area contributed by atoms with Crippen LogP contribution in [0.25, 0.3) is 0 Å². The van der Waals surface area contributed by atoms with E-state index in [0.717, 1.165) is 12.0 Å². The van der Waals surface area contributed by atoms with Crippen LogP contribution in [-0.2, 0) is 11.2 Å². The molecule has 1 aliphatic rings. The van der Waals surface area contributed by atoms with Gasteiger partial charge in [-0.1, -0.05) is 30.3 Å². The van der Waals surface area contributed by atoms with Crippen molar-refractivity contribution in [3.05, 3.63) is 70.3 Å². The summed E-state index contributed by atoms with van der Waals surface area (Å²) in [6.45, 7) is 0. The van der Waals surface area contributed by atoms with Gasteiger partial charge >= 0.3 is 5.97 Å². The quantitative estimate of drug-likeness (QED) is 0.790. The van der Waals surface area contributed by atoms with E-state index >= 15 is 0 Å². The first-order valence-corrected chi connectivity index (χ1v) is 6.90. The van der Waals surface area contributed by atoms with Gasteiger partial charge in [0.2, 0.25) is 0 Å². The maximum Gasteiger partial charge on any atom is 0.337 e. The molecule has 0 fully saturated rings. The zero-order valence-electron chi connectivity index (χ0n) is 11.8. The molecule has 0 saturated carbocycles. The molecule has 0 heterocycles. The van der Waals surface area contributed by atoms with E-state index in [0.29, 0.717) is 12.0 Å². The largest absolute Gasteiger partial charge is 0.465 e. The van der Waals surface area contributed by atoms with Gasteiger partial charge in [-0.2, -0.15) is 5.26 Å². The summed E-state index contributed by atoms with van der Waals surface area (Å²) in [7, 11) is 1.38. The lowest BCUT2D eigenvalue weighted by Gasteiger charge is -2.27. The van der Waals surface area contributed by atoms with Crippen molar-refractivity contribution in [1.82, 2.24) is 0 Å². The van der Waals surface area contributed by atoms with Gasteiger partial charge in [0.15, 0.2) is 0 Å². The minimum Gasteiger partial charge on any atom is -0.465 e. The summed E-state index contributed by atoms with van der Waals surface area (Å²) in [4.78, 5) is 11.7. The van der Waals surface area contributed by atoms with E-state index in [-0.39, 0.29) is 11.9 Å². The molecule has 2 aromatic carbocycles. The molecule has 1 atom stereocenters. The third-order valence-corrected chi connectivity index (χ3v) is 4.05. The number of methoxy groups -OCH3 is 1. The van der Waals surface area contributed by atoms with E-state index in [1.165, 1.54) is 23.8 Å². The van der Waals surface area contributed by atoms with E-state index in [9.17, 15) is 4.79 Å². The number of nitriles is 1. The average Bonchev–Trinajstić information content (AvgIpc) is 2.53. The average molecular weight is 277 g/mol. The summed E-state index contributed by atoms with van der Waals surface area (Å²) in [5, 5.41) is 9.15. The first-order chi connectivity index (χ1) is 10.2. The molecule has 0 bridgehead atoms. The fourth-order valence-corrected chi connectivity index (χ4v) is 3.04. The molecule has 0 saturated heterocycles. The van der Waals surface area contributed by atoms with Gasteiger partial charge in [0.25, 0.3) is 0 Å². The highest BCUT2D eigenvalue weighted by molar-refractivity contribution is 5.89. The molecule has 0 radical (unpaired) electrons. The lowest BCUT2D eigenvalue weighted by molar-refractivity contribution is 0.0600. The summed E-state index contributed by atoms with van der Waals surface area (Å²) >= 11 is 0. The Hall–Kier alpha value is -2.60. The van der Waals surface area contributed by atoms with Gasteiger partial charge in [-0.3, -0.25) is 0 Å². The molecule has 2 aromatic rings. The zero-order valence-corrected chi connectivity index (χ0v) is 11.8. The van der Waals surface area contributed by atoms with E-state index in [1.807, 2.05) is 24.3 Å². The van der Waals surface area contributed by atoms with Crippen LogP contribution in [-0.4, -0.2) is 13.1 Å². The molecule has 0 amide bonds. The van der Waals surface area contributed by atoms with Crippen LogP contribution in [0.3, 0.4) is 0 Å². The summed E-state index contributed by atoms with van der Waals surface area (Å²) < 4.78 is 4.79. The molecule has 21 heavy (non-hydrogen) atoms. The number of esters is 1. The van der Waals surface area contributed by atoms with Crippen LogP contribution >= 0.6 is 0 Å². The van der Waals surface area contributed by atoms with Crippen LogP contribution in [0, 0.1) is 11.3 Å². The molecule has 0 unspecified atom stereocenters. The Bertz CT molecular complexity index is 743. The van der Waals surface area contributed by atoms with Crippen molar-refractivity contribution in [2.24, 2.45) is 0 Å². The predicted molar refractivity (Wildman–Crippen MR) is 79.1 cm³/mol. The van der Waals surface area contributed by atoms with Gasteiger partial charge in [-0.05, 0) is 40.8 Å². The highest BCUT2D eigenvalue weighted by Gasteiger charge is 2.26. The lowest BCUT2D eigenvalue weighted by Crippen LogP contribution is -2.15. The summed E-state index contributed by atoms with van der Waals surface area (Å²) in [5.41, 5.74) is 5.24. The van der Waals surface area contributed by atoms with Crippen LogP contribution in [0.5, 0.6) is 0 Å². The topological polar surface area (TPSA) is 50.1 Å². The van der Waals surface area contributed by atoms with Crippen LogP contribution in [0.15, 0.2) is 42.5 Å². The molecular weight excluding hydrogens is 262 g/mol. The van der Waals surface area contributed by atoms with E-state index in [1.54, 1.807) is 6.07 Å². The predicted octanol–water partition coefficient (Wildman–Crippen LogP) is 3.42. The molecule has 0 aliphatic heterocycles. The molecule has 0 N–H and O–H groups in total. The van der Waals surface area contributed by atoms with Gasteiger partial charge in [0.1, 0.15) is 0 Å². The van der Waals surface area contributed by atoms with Crippen molar-refractivity contribution in [2.45, 2.75) is 18.8 Å². The monoisotopic (exact) mass is 277 g/mol. The number of fused-ring (bicyclic) bond motifs is 2. The summed E-state index contributed by atoms with van der Waals surface area (Å²) in [6, 6.07) is 16.1. The highest BCUT2D eigenvalue weighted by Crippen LogP contribution is 2.38. The molecule has 3 nitrogen and oxygen atoms in total. The fraction of sp³-hybridized carbons (Fsp3) is 0.222. The minimum atomic E-state index is -0.340. The van der Waals surface area contributed by atoms with Crippen molar-refractivity contribution >= 4 is 5.97 Å². The lowest BCUT2D eigenvalue weighted by atomic mass is 9.76. The van der Waals surface area contributed by atoms with Crippen molar-refractivity contribution in [1.29, 1.82) is 5.26 Å². The van der Waals surface area contributed by atoms with Crippen molar-refractivity contribution in [3.8, 4) is 6.07 Å². The molecule has 0 spiro atoms. The van der Waals surface area contributed by atoms with Gasteiger partial charge in [-0.25, -0.2) is 4.79 Å². The Morgan fingerprint density at radius 1 is 1.24 bits per heavy atom. The second-order valence-electron chi connectivity index (χ2n) is 5.20. The number of ether oxygens (including phenoxy) is 1. The van der Waals surface area contributed by atoms with Crippen molar-refractivity contribution in [2.75, 3.05) is 7.11 Å². The minimum absolute atomic E-state index is 0.0274. The van der Waals surface area contributed by atoms with Crippen LogP contribution in [0.1, 0.15) is 45.0 Å². The Kier molecular flexibility index (Phi) is 3.45. The number of hydrogen-bond donors (Lipinski definition) is 0. The van der Waals surface area contributed by atoms with Crippen molar-refractivity contribution in [3.63, 3.8) is 0 Å². The Balaban J connectivity index is 2.13. The molecule has 0 aromatic heterocycles. The number of nitrogens with zero attached hydrogens (tertiary/aromatic N) is 1. The number of carbonyl (C=O) groups excluding carboxylic acids is 1. The van der Waals surface area contributed by atoms with E-state index in [4.69, 9.17) is 10.00 Å². The zero-order chi connectivity index (χ0) is 14.8. The Labute approximate surface area is 123 Å². The summed E-state index contributed by atoms with van der Waals surface area (Å²) in [6.07, 6.45) is 1.25. The second-order valence-corrected chi connectivity index (χ2v) is 5.20. The third kappa shape index (κ3) is 2.30. The Morgan fingerprint density at radius 2 is 2.00 bits per heavy atom. The van der Waals surface area contributed by atoms with Crippen LogP contribution in [0.2, 0.25) is 0 Å². The van der Waals surface area contributed by atoms with Gasteiger partial charge < -0.3 is 4.74 Å². The van der Waals surface area contributed by atoms with Crippen LogP contribution in [0.4, 0.5) is 0 Å².